The molecule has 2 aromatic rings. The maximum Gasteiger partial charge on any atom is 0.338 e. The van der Waals surface area contributed by atoms with Gasteiger partial charge in [0.1, 0.15) is 0 Å². The minimum absolute atomic E-state index is 0.146. The van der Waals surface area contributed by atoms with E-state index in [4.69, 9.17) is 17.0 Å². The molecule has 2 aromatic carbocycles. The second kappa shape index (κ2) is 11.1. The number of thiocarbonyl (C=S) groups is 1. The molecule has 0 atom stereocenters. The van der Waals surface area contributed by atoms with Crippen LogP contribution in [0.15, 0.2) is 54.6 Å². The fourth-order valence-electron chi connectivity index (χ4n) is 2.34. The second-order valence-electron chi connectivity index (χ2n) is 6.05. The van der Waals surface area contributed by atoms with E-state index in [1.54, 1.807) is 24.3 Å². The molecule has 0 bridgehead atoms. The van der Waals surface area contributed by atoms with Crippen molar-refractivity contribution in [3.05, 3.63) is 65.7 Å². The van der Waals surface area contributed by atoms with Gasteiger partial charge < -0.3 is 15.4 Å². The Labute approximate surface area is 165 Å². The summed E-state index contributed by atoms with van der Waals surface area (Å²) < 4.78 is 5.16. The third-order valence-corrected chi connectivity index (χ3v) is 4.05. The quantitative estimate of drug-likeness (QED) is 0.408. The minimum atomic E-state index is -0.341. The van der Waals surface area contributed by atoms with Crippen LogP contribution in [0.3, 0.4) is 0 Å². The smallest absolute Gasteiger partial charge is 0.338 e. The first-order valence-corrected chi connectivity index (χ1v) is 9.41. The van der Waals surface area contributed by atoms with Crippen LogP contribution in [0, 0.1) is 0 Å². The number of carbonyl (C=O) groups excluding carboxylic acids is 2. The monoisotopic (exact) mass is 384 g/mol. The number of hydrogen-bond donors (Lipinski definition) is 2. The van der Waals surface area contributed by atoms with Crippen LogP contribution in [-0.2, 0) is 16.0 Å². The Hall–Kier alpha value is -2.73. The molecule has 0 spiro atoms. The molecule has 0 radical (unpaired) electrons. The molecule has 0 heterocycles. The number of carbonyl (C=O) groups is 2. The Morgan fingerprint density at radius 2 is 1.74 bits per heavy atom. The van der Waals surface area contributed by atoms with Gasteiger partial charge >= 0.3 is 5.97 Å². The van der Waals surface area contributed by atoms with Gasteiger partial charge in [-0.25, -0.2) is 4.79 Å². The molecule has 0 saturated heterocycles. The summed E-state index contributed by atoms with van der Waals surface area (Å²) in [5.41, 5.74) is 2.27. The van der Waals surface area contributed by atoms with Gasteiger partial charge in [0, 0.05) is 12.1 Å². The predicted octanol–water partition coefficient (Wildman–Crippen LogP) is 4.09. The summed E-state index contributed by atoms with van der Waals surface area (Å²) in [4.78, 5) is 23.8. The van der Waals surface area contributed by atoms with Gasteiger partial charge in [-0.3, -0.25) is 4.79 Å². The molecule has 0 aliphatic carbocycles. The van der Waals surface area contributed by atoms with Crippen molar-refractivity contribution < 1.29 is 14.3 Å². The van der Waals surface area contributed by atoms with Crippen molar-refractivity contribution >= 4 is 34.9 Å². The molecule has 0 fully saturated rings. The van der Waals surface area contributed by atoms with Gasteiger partial charge in [-0.15, -0.1) is 0 Å². The molecular weight excluding hydrogens is 360 g/mol. The number of anilines is 1. The van der Waals surface area contributed by atoms with Crippen LogP contribution < -0.4 is 10.6 Å². The number of esters is 1. The number of benzene rings is 2. The molecule has 0 unspecified atom stereocenters. The maximum atomic E-state index is 12.0. The van der Waals surface area contributed by atoms with Crippen LogP contribution in [0.25, 0.3) is 0 Å². The molecule has 2 N–H and O–H groups in total. The SMILES string of the molecule is CCCCOC(=O)c1ccc(NC(=S)NC(=O)CCc2ccccc2)cc1. The predicted molar refractivity (Wildman–Crippen MR) is 111 cm³/mol. The zero-order valence-electron chi connectivity index (χ0n) is 15.4. The summed E-state index contributed by atoms with van der Waals surface area (Å²) >= 11 is 5.16. The molecule has 1 amide bonds. The number of hydrogen-bond acceptors (Lipinski definition) is 4. The van der Waals surface area contributed by atoms with Crippen molar-refractivity contribution in [2.24, 2.45) is 0 Å². The van der Waals surface area contributed by atoms with Crippen LogP contribution in [0.1, 0.15) is 42.1 Å². The first kappa shape index (κ1) is 20.6. The number of ether oxygens (including phenoxy) is 1. The molecule has 0 aliphatic heterocycles. The van der Waals surface area contributed by atoms with E-state index in [0.717, 1.165) is 18.4 Å². The van der Waals surface area contributed by atoms with E-state index < -0.39 is 0 Å². The van der Waals surface area contributed by atoms with Gasteiger partial charge in [-0.05, 0) is 54.9 Å². The lowest BCUT2D eigenvalue weighted by molar-refractivity contribution is -0.119. The molecule has 2 rings (SSSR count). The molecule has 142 valence electrons. The Balaban J connectivity index is 1.76. The number of nitrogens with one attached hydrogen (secondary N) is 2. The highest BCUT2D eigenvalue weighted by Gasteiger charge is 2.08. The normalized spacial score (nSPS) is 10.1. The molecule has 27 heavy (non-hydrogen) atoms. The second-order valence-corrected chi connectivity index (χ2v) is 6.46. The fraction of sp³-hybridized carbons (Fsp3) is 0.286. The van der Waals surface area contributed by atoms with Gasteiger partial charge in [0.2, 0.25) is 5.91 Å². The Bertz CT molecular complexity index is 761. The number of amides is 1. The highest BCUT2D eigenvalue weighted by molar-refractivity contribution is 7.80. The van der Waals surface area contributed by atoms with Crippen LogP contribution in [0.5, 0.6) is 0 Å². The molecule has 6 heteroatoms. The topological polar surface area (TPSA) is 67.4 Å². The third-order valence-electron chi connectivity index (χ3n) is 3.85. The summed E-state index contributed by atoms with van der Waals surface area (Å²) in [6, 6.07) is 16.6. The highest BCUT2D eigenvalue weighted by atomic mass is 32.1. The van der Waals surface area contributed by atoms with Crippen LogP contribution in [0.4, 0.5) is 5.69 Å². The van der Waals surface area contributed by atoms with E-state index in [0.29, 0.717) is 30.7 Å². The standard InChI is InChI=1S/C21H24N2O3S/c1-2-3-15-26-20(25)17-10-12-18(13-11-17)22-21(27)23-19(24)14-9-16-7-5-4-6-8-16/h4-8,10-13H,2-3,9,14-15H2,1H3,(H2,22,23,24,27). The highest BCUT2D eigenvalue weighted by Crippen LogP contribution is 2.11. The average molecular weight is 385 g/mol. The van der Waals surface area contributed by atoms with Crippen molar-refractivity contribution in [2.45, 2.75) is 32.6 Å². The number of aryl methyl sites for hydroxylation is 1. The van der Waals surface area contributed by atoms with Crippen molar-refractivity contribution in [2.75, 3.05) is 11.9 Å². The summed E-state index contributed by atoms with van der Waals surface area (Å²) in [5.74, 6) is -0.487. The molecular formula is C21H24N2O3S. The number of rotatable bonds is 8. The van der Waals surface area contributed by atoms with Crippen LogP contribution in [-0.4, -0.2) is 23.6 Å². The Morgan fingerprint density at radius 1 is 1.04 bits per heavy atom. The molecule has 0 aliphatic rings. The molecule has 0 saturated carbocycles. The largest absolute Gasteiger partial charge is 0.462 e. The van der Waals surface area contributed by atoms with Crippen LogP contribution in [0.2, 0.25) is 0 Å². The van der Waals surface area contributed by atoms with Crippen molar-refractivity contribution in [3.8, 4) is 0 Å². The van der Waals surface area contributed by atoms with Gasteiger partial charge in [-0.2, -0.15) is 0 Å². The van der Waals surface area contributed by atoms with Crippen molar-refractivity contribution in [1.29, 1.82) is 0 Å². The van der Waals surface area contributed by atoms with Crippen molar-refractivity contribution in [1.82, 2.24) is 5.32 Å². The minimum Gasteiger partial charge on any atom is -0.462 e. The zero-order chi connectivity index (χ0) is 19.5. The van der Waals surface area contributed by atoms with E-state index >= 15 is 0 Å². The summed E-state index contributed by atoms with van der Waals surface area (Å²) in [5, 5.41) is 5.83. The summed E-state index contributed by atoms with van der Waals surface area (Å²) in [7, 11) is 0. The van der Waals surface area contributed by atoms with Gasteiger partial charge in [-0.1, -0.05) is 43.7 Å². The zero-order valence-corrected chi connectivity index (χ0v) is 16.2. The summed E-state index contributed by atoms with van der Waals surface area (Å²) in [6.07, 6.45) is 2.84. The average Bonchev–Trinajstić information content (AvgIpc) is 2.68. The van der Waals surface area contributed by atoms with E-state index in [1.807, 2.05) is 37.3 Å². The molecule has 5 nitrogen and oxygen atoms in total. The van der Waals surface area contributed by atoms with E-state index in [-0.39, 0.29) is 17.0 Å². The Kier molecular flexibility index (Phi) is 8.45. The lowest BCUT2D eigenvalue weighted by atomic mass is 10.1. The van der Waals surface area contributed by atoms with Gasteiger partial charge in [0.05, 0.1) is 12.2 Å². The van der Waals surface area contributed by atoms with Crippen molar-refractivity contribution in [3.63, 3.8) is 0 Å². The van der Waals surface area contributed by atoms with E-state index in [1.165, 1.54) is 0 Å². The lowest BCUT2D eigenvalue weighted by Gasteiger charge is -2.10. The third kappa shape index (κ3) is 7.58. The summed E-state index contributed by atoms with van der Waals surface area (Å²) in [6.45, 7) is 2.46. The first-order valence-electron chi connectivity index (χ1n) is 9.00. The first-order chi connectivity index (χ1) is 13.1. The maximum absolute atomic E-state index is 12.0. The number of unbranched alkanes of at least 4 members (excludes halogenated alkanes) is 1. The van der Waals surface area contributed by atoms with Crippen LogP contribution >= 0.6 is 12.2 Å². The van der Waals surface area contributed by atoms with Gasteiger partial charge in [0.25, 0.3) is 0 Å². The lowest BCUT2D eigenvalue weighted by Crippen LogP contribution is -2.34. The van der Waals surface area contributed by atoms with E-state index in [2.05, 4.69) is 10.6 Å². The van der Waals surface area contributed by atoms with E-state index in [9.17, 15) is 9.59 Å². The Morgan fingerprint density at radius 3 is 2.41 bits per heavy atom. The van der Waals surface area contributed by atoms with Gasteiger partial charge in [0.15, 0.2) is 5.11 Å². The fourth-order valence-corrected chi connectivity index (χ4v) is 2.57. The molecule has 0 aromatic heterocycles.